The van der Waals surface area contributed by atoms with Gasteiger partial charge in [-0.15, -0.1) is 0 Å². The first kappa shape index (κ1) is 23.4. The number of amides is 1. The van der Waals surface area contributed by atoms with Crippen molar-refractivity contribution in [1.29, 1.82) is 0 Å². The number of rotatable bonds is 6. The monoisotopic (exact) mass is 481 g/mol. The molecule has 2 heterocycles. The Balaban J connectivity index is 1.51. The lowest BCUT2D eigenvalue weighted by molar-refractivity contribution is -0.139. The van der Waals surface area contributed by atoms with E-state index in [4.69, 9.17) is 0 Å². The lowest BCUT2D eigenvalue weighted by Gasteiger charge is -2.26. The van der Waals surface area contributed by atoms with E-state index in [-0.39, 0.29) is 36.0 Å². The van der Waals surface area contributed by atoms with Crippen molar-refractivity contribution in [2.24, 2.45) is 0 Å². The lowest BCUT2D eigenvalue weighted by atomic mass is 10.0. The summed E-state index contributed by atoms with van der Waals surface area (Å²) in [5, 5.41) is 14.1. The van der Waals surface area contributed by atoms with Crippen LogP contribution < -0.4 is 5.32 Å². The molecule has 0 fully saturated rings. The Labute approximate surface area is 196 Å². The molecule has 0 unspecified atom stereocenters. The Morgan fingerprint density at radius 3 is 2.65 bits per heavy atom. The zero-order valence-electron chi connectivity index (χ0n) is 18.4. The summed E-state index contributed by atoms with van der Waals surface area (Å²) in [6.45, 7) is 0.0902. The number of aromatic nitrogens is 1. The van der Waals surface area contributed by atoms with Gasteiger partial charge in [-0.3, -0.25) is 9.59 Å². The Bertz CT molecular complexity index is 1400. The quantitative estimate of drug-likeness (QED) is 0.518. The van der Waals surface area contributed by atoms with Crippen molar-refractivity contribution in [1.82, 2.24) is 14.6 Å². The van der Waals surface area contributed by atoms with Crippen molar-refractivity contribution >= 4 is 38.2 Å². The zero-order chi connectivity index (χ0) is 24.3. The summed E-state index contributed by atoms with van der Waals surface area (Å²) in [6, 6.07) is 14.0. The molecule has 0 aliphatic carbocycles. The molecule has 9 nitrogen and oxygen atoms in total. The zero-order valence-corrected chi connectivity index (χ0v) is 19.2. The van der Waals surface area contributed by atoms with Crippen LogP contribution >= 0.6 is 0 Å². The number of fused-ring (bicyclic) bond motifs is 1. The van der Waals surface area contributed by atoms with Gasteiger partial charge in [-0.25, -0.2) is 13.4 Å². The van der Waals surface area contributed by atoms with E-state index in [0.717, 1.165) is 11.0 Å². The molecular formula is C24H23N3O6S. The van der Waals surface area contributed by atoms with Gasteiger partial charge in [0, 0.05) is 24.7 Å². The molecule has 10 heteroatoms. The maximum absolute atomic E-state index is 13.3. The molecule has 0 bridgehead atoms. The number of nitrogens with zero attached hydrogens (tertiary/aromatic N) is 2. The van der Waals surface area contributed by atoms with Crippen LogP contribution in [0.3, 0.4) is 0 Å². The second-order valence-corrected chi connectivity index (χ2v) is 9.58. The topological polar surface area (TPSA) is 126 Å². The van der Waals surface area contributed by atoms with Crippen molar-refractivity contribution in [3.05, 3.63) is 72.1 Å². The van der Waals surface area contributed by atoms with Crippen LogP contribution in [0.4, 0.5) is 0 Å². The van der Waals surface area contributed by atoms with E-state index < -0.39 is 21.9 Å². The predicted molar refractivity (Wildman–Crippen MR) is 126 cm³/mol. The average molecular weight is 482 g/mol. The normalized spacial score (nSPS) is 14.4. The minimum Gasteiger partial charge on any atom is -0.505 e. The van der Waals surface area contributed by atoms with Crippen LogP contribution in [0.15, 0.2) is 65.7 Å². The van der Waals surface area contributed by atoms with Crippen LogP contribution in [0, 0.1) is 0 Å². The molecule has 1 aromatic heterocycles. The number of carbonyl (C=O) groups excluding carboxylic acids is 2. The van der Waals surface area contributed by atoms with Crippen molar-refractivity contribution in [3.63, 3.8) is 0 Å². The van der Waals surface area contributed by atoms with E-state index in [1.54, 1.807) is 24.3 Å². The van der Waals surface area contributed by atoms with E-state index in [1.165, 1.54) is 23.7 Å². The summed E-state index contributed by atoms with van der Waals surface area (Å²) in [6.07, 6.45) is 3.63. The van der Waals surface area contributed by atoms with Crippen LogP contribution in [0.25, 0.3) is 16.3 Å². The Kier molecular flexibility index (Phi) is 6.62. The molecule has 0 saturated carbocycles. The number of ether oxygens (including phenoxy) is 1. The van der Waals surface area contributed by atoms with Crippen molar-refractivity contribution < 1.29 is 27.9 Å². The second kappa shape index (κ2) is 9.62. The van der Waals surface area contributed by atoms with E-state index in [0.29, 0.717) is 17.4 Å². The number of carbonyl (C=O) groups is 2. The van der Waals surface area contributed by atoms with Gasteiger partial charge in [0.05, 0.1) is 12.0 Å². The van der Waals surface area contributed by atoms with E-state index in [1.807, 2.05) is 24.3 Å². The fourth-order valence-corrected chi connectivity index (χ4v) is 5.40. The molecule has 0 atom stereocenters. The third-order valence-electron chi connectivity index (χ3n) is 5.61. The highest BCUT2D eigenvalue weighted by Crippen LogP contribution is 2.30. The number of nitrogens with one attached hydrogen (secondary N) is 1. The SMILES string of the molecule is COC(=O)CNC(=O)c1ncc(C2=CCN(S(=O)(=O)c3cccc4ccccc34)CC2)cc1O. The molecule has 0 spiro atoms. The van der Waals surface area contributed by atoms with Crippen LogP contribution in [0.1, 0.15) is 22.5 Å². The maximum atomic E-state index is 13.3. The molecule has 1 aliphatic rings. The minimum absolute atomic E-state index is 0.170. The third kappa shape index (κ3) is 4.63. The summed E-state index contributed by atoms with van der Waals surface area (Å²) in [5.74, 6) is -1.68. The Hall–Kier alpha value is -3.76. The number of aromatic hydroxyl groups is 1. The lowest BCUT2D eigenvalue weighted by Crippen LogP contribution is -2.34. The molecule has 34 heavy (non-hydrogen) atoms. The van der Waals surface area contributed by atoms with Crippen LogP contribution in [-0.2, 0) is 19.6 Å². The number of esters is 1. The van der Waals surface area contributed by atoms with Gasteiger partial charge < -0.3 is 15.2 Å². The van der Waals surface area contributed by atoms with Gasteiger partial charge >= 0.3 is 5.97 Å². The number of hydrogen-bond donors (Lipinski definition) is 2. The third-order valence-corrected chi connectivity index (χ3v) is 7.54. The number of hydrogen-bond acceptors (Lipinski definition) is 7. The maximum Gasteiger partial charge on any atom is 0.325 e. The molecule has 0 radical (unpaired) electrons. The summed E-state index contributed by atoms with van der Waals surface area (Å²) >= 11 is 0. The molecule has 1 aliphatic heterocycles. The van der Waals surface area contributed by atoms with Crippen LogP contribution in [-0.4, -0.2) is 61.4 Å². The van der Waals surface area contributed by atoms with Crippen molar-refractivity contribution in [3.8, 4) is 5.75 Å². The van der Waals surface area contributed by atoms with Crippen molar-refractivity contribution in [2.45, 2.75) is 11.3 Å². The molecule has 176 valence electrons. The average Bonchev–Trinajstić information content (AvgIpc) is 2.86. The molecule has 2 aromatic carbocycles. The standard InChI is InChI=1S/C24H23N3O6S/c1-33-22(29)15-26-24(30)23-20(28)13-18(14-25-23)16-9-11-27(12-10-16)34(31,32)21-8-4-6-17-5-2-3-7-19(17)21/h2-9,13-14,28H,10-12,15H2,1H3,(H,26,30). The van der Waals surface area contributed by atoms with Gasteiger partial charge in [-0.05, 0) is 35.1 Å². The molecule has 1 amide bonds. The highest BCUT2D eigenvalue weighted by atomic mass is 32.2. The first-order chi connectivity index (χ1) is 16.3. The second-order valence-electron chi connectivity index (χ2n) is 7.67. The van der Waals surface area contributed by atoms with Gasteiger partial charge in [0.2, 0.25) is 10.0 Å². The smallest absolute Gasteiger partial charge is 0.325 e. The fraction of sp³-hybridized carbons (Fsp3) is 0.208. The predicted octanol–water partition coefficient (Wildman–Crippen LogP) is 2.32. The van der Waals surface area contributed by atoms with E-state index in [2.05, 4.69) is 15.0 Å². The Morgan fingerprint density at radius 2 is 1.94 bits per heavy atom. The number of methoxy groups -OCH3 is 1. The summed E-state index contributed by atoms with van der Waals surface area (Å²) in [7, 11) is -2.50. The number of pyridine rings is 1. The number of benzene rings is 2. The number of sulfonamides is 1. The first-order valence-electron chi connectivity index (χ1n) is 10.5. The van der Waals surface area contributed by atoms with Crippen LogP contribution in [0.5, 0.6) is 5.75 Å². The Morgan fingerprint density at radius 1 is 1.18 bits per heavy atom. The highest BCUT2D eigenvalue weighted by Gasteiger charge is 2.28. The molecular weight excluding hydrogens is 458 g/mol. The van der Waals surface area contributed by atoms with Gasteiger partial charge in [0.15, 0.2) is 5.69 Å². The van der Waals surface area contributed by atoms with Gasteiger partial charge in [0.1, 0.15) is 12.3 Å². The summed E-state index contributed by atoms with van der Waals surface area (Å²) in [5.41, 5.74) is 1.18. The largest absolute Gasteiger partial charge is 0.505 e. The highest BCUT2D eigenvalue weighted by molar-refractivity contribution is 7.89. The van der Waals surface area contributed by atoms with Gasteiger partial charge in [-0.1, -0.05) is 42.5 Å². The van der Waals surface area contributed by atoms with Gasteiger partial charge in [0.25, 0.3) is 5.91 Å². The van der Waals surface area contributed by atoms with E-state index in [9.17, 15) is 23.1 Å². The fourth-order valence-electron chi connectivity index (χ4n) is 3.80. The molecule has 3 aromatic rings. The van der Waals surface area contributed by atoms with Gasteiger partial charge in [-0.2, -0.15) is 4.31 Å². The molecule has 2 N–H and O–H groups in total. The minimum atomic E-state index is -3.70. The summed E-state index contributed by atoms with van der Waals surface area (Å²) in [4.78, 5) is 27.6. The molecule has 0 saturated heterocycles. The van der Waals surface area contributed by atoms with E-state index >= 15 is 0 Å². The summed E-state index contributed by atoms with van der Waals surface area (Å²) < 4.78 is 32.5. The molecule has 4 rings (SSSR count). The first-order valence-corrected chi connectivity index (χ1v) is 12.0. The van der Waals surface area contributed by atoms with Crippen LogP contribution in [0.2, 0.25) is 0 Å². The van der Waals surface area contributed by atoms with Crippen molar-refractivity contribution in [2.75, 3.05) is 26.7 Å².